The third kappa shape index (κ3) is 3.14. The molecule has 0 aliphatic carbocycles. The van der Waals surface area contributed by atoms with E-state index in [1.54, 1.807) is 6.07 Å². The molecule has 0 amide bonds. The quantitative estimate of drug-likeness (QED) is 0.638. The van der Waals surface area contributed by atoms with E-state index in [9.17, 15) is 10.1 Å². The minimum atomic E-state index is -0.611. The summed E-state index contributed by atoms with van der Waals surface area (Å²) >= 11 is 0. The van der Waals surface area contributed by atoms with Crippen molar-refractivity contribution in [3.8, 4) is 6.07 Å². The van der Waals surface area contributed by atoms with Crippen molar-refractivity contribution in [3.05, 3.63) is 27.9 Å². The topological polar surface area (TPSA) is 91.9 Å². The van der Waals surface area contributed by atoms with Gasteiger partial charge in [-0.3, -0.25) is 10.1 Å². The lowest BCUT2D eigenvalue weighted by atomic mass is 10.0. The van der Waals surface area contributed by atoms with E-state index >= 15 is 0 Å². The Hall–Kier alpha value is -2.16. The van der Waals surface area contributed by atoms with Gasteiger partial charge in [0.25, 0.3) is 0 Å². The lowest BCUT2D eigenvalue weighted by Gasteiger charge is -2.25. The van der Waals surface area contributed by atoms with Gasteiger partial charge in [-0.05, 0) is 26.3 Å². The maximum Gasteiger partial charge on any atom is 0.305 e. The van der Waals surface area contributed by atoms with Crippen molar-refractivity contribution in [1.29, 1.82) is 5.26 Å². The van der Waals surface area contributed by atoms with Gasteiger partial charge in [-0.15, -0.1) is 0 Å². The molecule has 1 aromatic rings. The summed E-state index contributed by atoms with van der Waals surface area (Å²) in [6.07, 6.45) is 0.869. The number of nitriles is 1. The Kier molecular flexibility index (Phi) is 3.63. The first-order valence-electron chi connectivity index (χ1n) is 5.23. The Morgan fingerprint density at radius 1 is 1.59 bits per heavy atom. The van der Waals surface area contributed by atoms with Crippen molar-refractivity contribution in [3.63, 3.8) is 0 Å². The highest BCUT2D eigenvalue weighted by atomic mass is 16.6. The molecule has 0 fully saturated rings. The van der Waals surface area contributed by atoms with Crippen molar-refractivity contribution >= 4 is 11.5 Å². The molecule has 17 heavy (non-hydrogen) atoms. The molecule has 0 atom stereocenters. The van der Waals surface area contributed by atoms with Gasteiger partial charge in [0.1, 0.15) is 11.9 Å². The lowest BCUT2D eigenvalue weighted by molar-refractivity contribution is -0.385. The Balaban J connectivity index is 3.07. The highest BCUT2D eigenvalue weighted by Gasteiger charge is 2.19. The van der Waals surface area contributed by atoms with E-state index in [-0.39, 0.29) is 16.9 Å². The molecule has 6 nitrogen and oxygen atoms in total. The number of nitrogens with one attached hydrogen (secondary N) is 1. The number of nitrogens with zero attached hydrogens (tertiary/aromatic N) is 3. The van der Waals surface area contributed by atoms with Gasteiger partial charge in [0.05, 0.1) is 4.92 Å². The fourth-order valence-electron chi connectivity index (χ4n) is 1.19. The van der Waals surface area contributed by atoms with Crippen LogP contribution in [-0.2, 0) is 0 Å². The monoisotopic (exact) mass is 234 g/mol. The lowest BCUT2D eigenvalue weighted by Crippen LogP contribution is -2.30. The minimum Gasteiger partial charge on any atom is -0.365 e. The van der Waals surface area contributed by atoms with Gasteiger partial charge in [-0.2, -0.15) is 5.26 Å². The minimum absolute atomic E-state index is 0.171. The highest BCUT2D eigenvalue weighted by molar-refractivity contribution is 5.51. The number of rotatable bonds is 4. The molecule has 0 aromatic carbocycles. The molecule has 6 heteroatoms. The predicted molar refractivity (Wildman–Crippen MR) is 63.6 cm³/mol. The smallest absolute Gasteiger partial charge is 0.305 e. The van der Waals surface area contributed by atoms with E-state index in [1.165, 1.54) is 12.1 Å². The van der Waals surface area contributed by atoms with Crippen LogP contribution in [0.2, 0.25) is 0 Å². The highest BCUT2D eigenvalue weighted by Crippen LogP contribution is 2.21. The molecular weight excluding hydrogens is 220 g/mol. The number of hydrogen-bond acceptors (Lipinski definition) is 5. The zero-order valence-electron chi connectivity index (χ0n) is 10.0. The van der Waals surface area contributed by atoms with Gasteiger partial charge >= 0.3 is 5.69 Å². The number of aromatic nitrogens is 1. The number of nitro groups is 1. The first kappa shape index (κ1) is 12.9. The van der Waals surface area contributed by atoms with Crippen LogP contribution in [-0.4, -0.2) is 15.4 Å². The van der Waals surface area contributed by atoms with Crippen LogP contribution in [0.25, 0.3) is 0 Å². The molecule has 0 saturated carbocycles. The van der Waals surface area contributed by atoms with Crippen molar-refractivity contribution < 1.29 is 4.92 Å². The summed E-state index contributed by atoms with van der Waals surface area (Å²) in [5.41, 5.74) is -0.616. The van der Waals surface area contributed by atoms with E-state index in [2.05, 4.69) is 10.3 Å². The summed E-state index contributed by atoms with van der Waals surface area (Å²) in [5, 5.41) is 22.6. The summed E-state index contributed by atoms with van der Waals surface area (Å²) in [5.74, 6) is 0.471. The van der Waals surface area contributed by atoms with E-state index in [4.69, 9.17) is 5.26 Å². The summed E-state index contributed by atoms with van der Waals surface area (Å²) < 4.78 is 0. The summed E-state index contributed by atoms with van der Waals surface area (Å²) in [7, 11) is 0. The van der Waals surface area contributed by atoms with Crippen molar-refractivity contribution in [2.75, 3.05) is 5.32 Å². The zero-order valence-corrected chi connectivity index (χ0v) is 10.0. The van der Waals surface area contributed by atoms with Crippen molar-refractivity contribution in [1.82, 2.24) is 4.98 Å². The van der Waals surface area contributed by atoms with E-state index in [1.807, 2.05) is 20.8 Å². The Labute approximate surface area is 99.4 Å². The number of pyridine rings is 1. The molecule has 1 aromatic heterocycles. The second-order valence-electron chi connectivity index (χ2n) is 4.30. The third-order valence-electron chi connectivity index (χ3n) is 2.53. The number of hydrogen-bond donors (Lipinski definition) is 1. The van der Waals surface area contributed by atoms with Gasteiger partial charge in [-0.1, -0.05) is 6.92 Å². The first-order valence-corrected chi connectivity index (χ1v) is 5.23. The van der Waals surface area contributed by atoms with Crippen molar-refractivity contribution in [2.45, 2.75) is 32.7 Å². The van der Waals surface area contributed by atoms with Gasteiger partial charge < -0.3 is 5.32 Å². The summed E-state index contributed by atoms with van der Waals surface area (Å²) in [6.45, 7) is 5.99. The molecule has 90 valence electrons. The van der Waals surface area contributed by atoms with Crippen LogP contribution in [0.5, 0.6) is 0 Å². The van der Waals surface area contributed by atoms with Crippen LogP contribution >= 0.6 is 0 Å². The molecule has 1 rings (SSSR count). The van der Waals surface area contributed by atoms with Crippen LogP contribution in [0.4, 0.5) is 11.5 Å². The Morgan fingerprint density at radius 3 is 2.71 bits per heavy atom. The van der Waals surface area contributed by atoms with Gasteiger partial charge in [0.15, 0.2) is 0 Å². The Morgan fingerprint density at radius 2 is 2.24 bits per heavy atom. The van der Waals surface area contributed by atoms with Crippen LogP contribution in [0, 0.1) is 21.4 Å². The van der Waals surface area contributed by atoms with Crippen LogP contribution in [0.1, 0.15) is 32.9 Å². The van der Waals surface area contributed by atoms with Gasteiger partial charge in [0, 0.05) is 11.6 Å². The van der Waals surface area contributed by atoms with Crippen LogP contribution in [0.3, 0.4) is 0 Å². The predicted octanol–water partition coefficient (Wildman–Crippen LogP) is 2.46. The molecule has 0 bridgehead atoms. The molecule has 1 N–H and O–H groups in total. The fourth-order valence-corrected chi connectivity index (χ4v) is 1.19. The largest absolute Gasteiger partial charge is 0.365 e. The van der Waals surface area contributed by atoms with Gasteiger partial charge in [0.2, 0.25) is 5.69 Å². The second-order valence-corrected chi connectivity index (χ2v) is 4.30. The molecule has 0 aliphatic rings. The average Bonchev–Trinajstić information content (AvgIpc) is 2.28. The first-order chi connectivity index (χ1) is 7.89. The molecule has 0 radical (unpaired) electrons. The maximum absolute atomic E-state index is 10.6. The summed E-state index contributed by atoms with van der Waals surface area (Å²) in [6, 6.07) is 4.53. The molecule has 0 saturated heterocycles. The number of anilines is 1. The maximum atomic E-state index is 10.6. The van der Waals surface area contributed by atoms with Crippen molar-refractivity contribution in [2.24, 2.45) is 0 Å². The van der Waals surface area contributed by atoms with Crippen LogP contribution < -0.4 is 5.32 Å². The molecule has 0 unspecified atom stereocenters. The normalized spacial score (nSPS) is 10.7. The fraction of sp³-hybridized carbons (Fsp3) is 0.455. The van der Waals surface area contributed by atoms with E-state index in [0.717, 1.165) is 6.42 Å². The molecule has 0 aliphatic heterocycles. The molecular formula is C11H14N4O2. The molecule has 1 heterocycles. The zero-order chi connectivity index (χ0) is 13.1. The summed E-state index contributed by atoms with van der Waals surface area (Å²) in [4.78, 5) is 13.9. The Bertz CT molecular complexity index is 477. The van der Waals surface area contributed by atoms with Gasteiger partial charge in [-0.25, -0.2) is 4.98 Å². The third-order valence-corrected chi connectivity index (χ3v) is 2.53. The second kappa shape index (κ2) is 4.78. The van der Waals surface area contributed by atoms with E-state index < -0.39 is 4.92 Å². The average molecular weight is 234 g/mol. The SMILES string of the molecule is CCC(C)(C)Nc1ccc([N+](=O)[O-])c(C#N)n1. The van der Waals surface area contributed by atoms with E-state index in [0.29, 0.717) is 5.82 Å². The standard InChI is InChI=1S/C11H14N4O2/c1-4-11(2,3)14-10-6-5-9(15(16)17)8(7-12)13-10/h5-6H,4H2,1-3H3,(H,13,14). The molecule has 0 spiro atoms. The van der Waals surface area contributed by atoms with Crippen LogP contribution in [0.15, 0.2) is 12.1 Å².